The van der Waals surface area contributed by atoms with Crippen molar-refractivity contribution in [3.63, 3.8) is 0 Å². The van der Waals surface area contributed by atoms with Gasteiger partial charge in [0.15, 0.2) is 0 Å². The molecule has 0 bridgehead atoms. The monoisotopic (exact) mass is 379 g/mol. The van der Waals surface area contributed by atoms with Gasteiger partial charge in [0.25, 0.3) is 0 Å². The summed E-state index contributed by atoms with van der Waals surface area (Å²) in [6.45, 7) is 3.58. The molecule has 0 aromatic heterocycles. The van der Waals surface area contributed by atoms with Gasteiger partial charge < -0.3 is 14.4 Å². The van der Waals surface area contributed by atoms with Crippen LogP contribution in [0.3, 0.4) is 0 Å². The van der Waals surface area contributed by atoms with Crippen LogP contribution in [0.1, 0.15) is 19.8 Å². The molecule has 0 N–H and O–H groups in total. The van der Waals surface area contributed by atoms with E-state index in [1.807, 2.05) is 42.5 Å². The molecule has 146 valence electrons. The molecular formula is C23H25NO4. The summed E-state index contributed by atoms with van der Waals surface area (Å²) in [4.78, 5) is 25.0. The summed E-state index contributed by atoms with van der Waals surface area (Å²) in [6, 6.07) is 17.5. The Morgan fingerprint density at radius 2 is 1.64 bits per heavy atom. The van der Waals surface area contributed by atoms with Crippen LogP contribution in [0.5, 0.6) is 5.75 Å². The normalized spacial score (nSPS) is 14.8. The van der Waals surface area contributed by atoms with E-state index in [-0.39, 0.29) is 5.97 Å². The Morgan fingerprint density at radius 3 is 2.29 bits per heavy atom. The zero-order valence-electron chi connectivity index (χ0n) is 16.0. The third kappa shape index (κ3) is 5.98. The zero-order chi connectivity index (χ0) is 19.8. The van der Waals surface area contributed by atoms with Crippen LogP contribution in [0.2, 0.25) is 0 Å². The second kappa shape index (κ2) is 9.74. The maximum Gasteiger partial charge on any atom is 0.337 e. The van der Waals surface area contributed by atoms with E-state index < -0.39 is 5.97 Å². The predicted octanol–water partition coefficient (Wildman–Crippen LogP) is 4.05. The van der Waals surface area contributed by atoms with Crippen LogP contribution in [0.15, 0.2) is 66.9 Å². The molecule has 2 aromatic rings. The number of ether oxygens (including phenoxy) is 2. The van der Waals surface area contributed by atoms with Gasteiger partial charge in [0.1, 0.15) is 5.75 Å². The van der Waals surface area contributed by atoms with E-state index in [0.717, 1.165) is 37.1 Å². The van der Waals surface area contributed by atoms with Crippen molar-refractivity contribution in [2.45, 2.75) is 19.8 Å². The summed E-state index contributed by atoms with van der Waals surface area (Å²) in [5.41, 5.74) is 2.20. The van der Waals surface area contributed by atoms with Crippen molar-refractivity contribution in [2.75, 3.05) is 19.7 Å². The fourth-order valence-corrected chi connectivity index (χ4v) is 3.17. The Bertz CT molecular complexity index is 806. The van der Waals surface area contributed by atoms with Crippen LogP contribution in [0.4, 0.5) is 0 Å². The van der Waals surface area contributed by atoms with Crippen molar-refractivity contribution in [1.82, 2.24) is 4.90 Å². The Morgan fingerprint density at radius 1 is 1.00 bits per heavy atom. The van der Waals surface area contributed by atoms with E-state index in [1.54, 1.807) is 18.3 Å². The van der Waals surface area contributed by atoms with Gasteiger partial charge >= 0.3 is 11.9 Å². The predicted molar refractivity (Wildman–Crippen MR) is 108 cm³/mol. The van der Waals surface area contributed by atoms with E-state index in [1.165, 1.54) is 13.0 Å². The first-order chi connectivity index (χ1) is 13.6. The van der Waals surface area contributed by atoms with Crippen molar-refractivity contribution in [2.24, 2.45) is 5.92 Å². The molecule has 5 heteroatoms. The molecule has 0 atom stereocenters. The number of esters is 2. The van der Waals surface area contributed by atoms with Crippen molar-refractivity contribution in [3.05, 3.63) is 66.9 Å². The van der Waals surface area contributed by atoms with Crippen LogP contribution < -0.4 is 4.74 Å². The Labute approximate surface area is 165 Å². The molecule has 28 heavy (non-hydrogen) atoms. The first kappa shape index (κ1) is 19.7. The van der Waals surface area contributed by atoms with Crippen molar-refractivity contribution in [3.8, 4) is 16.9 Å². The van der Waals surface area contributed by atoms with E-state index >= 15 is 0 Å². The van der Waals surface area contributed by atoms with Crippen LogP contribution in [0, 0.1) is 5.92 Å². The SMILES string of the molecule is CC(=O)OCC1CCN(C=CC(=O)Oc2ccc(-c3ccccc3)cc2)CC1. The van der Waals surface area contributed by atoms with Gasteiger partial charge in [-0.3, -0.25) is 4.79 Å². The Kier molecular flexibility index (Phi) is 6.84. The van der Waals surface area contributed by atoms with E-state index in [9.17, 15) is 9.59 Å². The third-order valence-corrected chi connectivity index (χ3v) is 4.77. The summed E-state index contributed by atoms with van der Waals surface area (Å²) < 4.78 is 10.4. The number of carbonyl (C=O) groups is 2. The number of piperidine rings is 1. The molecule has 1 saturated heterocycles. The minimum atomic E-state index is -0.394. The van der Waals surface area contributed by atoms with E-state index in [2.05, 4.69) is 4.90 Å². The molecule has 2 aromatic carbocycles. The zero-order valence-corrected chi connectivity index (χ0v) is 16.0. The average molecular weight is 379 g/mol. The van der Waals surface area contributed by atoms with Gasteiger partial charge in [-0.15, -0.1) is 0 Å². The average Bonchev–Trinajstić information content (AvgIpc) is 2.73. The second-order valence-corrected chi connectivity index (χ2v) is 6.91. The quantitative estimate of drug-likeness (QED) is 0.431. The molecule has 1 aliphatic rings. The number of nitrogens with zero attached hydrogens (tertiary/aromatic N) is 1. The van der Waals surface area contributed by atoms with Gasteiger partial charge in [-0.2, -0.15) is 0 Å². The minimum absolute atomic E-state index is 0.234. The lowest BCUT2D eigenvalue weighted by Gasteiger charge is -2.30. The van der Waals surface area contributed by atoms with Crippen molar-refractivity contribution < 1.29 is 19.1 Å². The van der Waals surface area contributed by atoms with Gasteiger partial charge in [-0.05, 0) is 42.0 Å². The van der Waals surface area contributed by atoms with Crippen molar-refractivity contribution in [1.29, 1.82) is 0 Å². The summed E-state index contributed by atoms with van der Waals surface area (Å²) in [6.07, 6.45) is 5.11. The van der Waals surface area contributed by atoms with Crippen LogP contribution in [-0.4, -0.2) is 36.5 Å². The van der Waals surface area contributed by atoms with Crippen LogP contribution in [-0.2, 0) is 14.3 Å². The molecule has 0 saturated carbocycles. The van der Waals surface area contributed by atoms with Gasteiger partial charge in [0.05, 0.1) is 6.61 Å². The summed E-state index contributed by atoms with van der Waals surface area (Å²) in [7, 11) is 0. The molecule has 0 amide bonds. The fraction of sp³-hybridized carbons (Fsp3) is 0.304. The van der Waals surface area contributed by atoms with Gasteiger partial charge in [0, 0.05) is 32.3 Å². The van der Waals surface area contributed by atoms with E-state index in [0.29, 0.717) is 18.3 Å². The number of likely N-dealkylation sites (tertiary alicyclic amines) is 1. The maximum atomic E-state index is 12.1. The van der Waals surface area contributed by atoms with E-state index in [4.69, 9.17) is 9.47 Å². The number of carbonyl (C=O) groups excluding carboxylic acids is 2. The van der Waals surface area contributed by atoms with Gasteiger partial charge in [0.2, 0.25) is 0 Å². The van der Waals surface area contributed by atoms with Gasteiger partial charge in [-0.25, -0.2) is 4.79 Å². The molecule has 5 nitrogen and oxygen atoms in total. The number of hydrogen-bond donors (Lipinski definition) is 0. The molecule has 1 heterocycles. The number of benzene rings is 2. The van der Waals surface area contributed by atoms with Crippen LogP contribution >= 0.6 is 0 Å². The summed E-state index contributed by atoms with van der Waals surface area (Å²) in [5, 5.41) is 0. The standard InChI is InChI=1S/C23H25NO4/c1-18(25)27-17-19-11-14-24(15-12-19)16-13-23(26)28-22-9-7-21(8-10-22)20-5-3-2-4-6-20/h2-10,13,16,19H,11-12,14-15,17H2,1H3. The molecule has 0 aliphatic carbocycles. The first-order valence-corrected chi connectivity index (χ1v) is 9.53. The second-order valence-electron chi connectivity index (χ2n) is 6.91. The fourth-order valence-electron chi connectivity index (χ4n) is 3.17. The molecule has 3 rings (SSSR count). The highest BCUT2D eigenvalue weighted by Gasteiger charge is 2.18. The van der Waals surface area contributed by atoms with Gasteiger partial charge in [-0.1, -0.05) is 42.5 Å². The highest BCUT2D eigenvalue weighted by atomic mass is 16.5. The lowest BCUT2D eigenvalue weighted by Crippen LogP contribution is -2.32. The topological polar surface area (TPSA) is 55.8 Å². The number of rotatable bonds is 6. The third-order valence-electron chi connectivity index (χ3n) is 4.77. The molecule has 0 radical (unpaired) electrons. The molecular weight excluding hydrogens is 354 g/mol. The summed E-state index contributed by atoms with van der Waals surface area (Å²) in [5.74, 6) is 0.287. The Hall–Kier alpha value is -3.08. The largest absolute Gasteiger partial charge is 0.466 e. The smallest absolute Gasteiger partial charge is 0.337 e. The number of hydrogen-bond acceptors (Lipinski definition) is 5. The minimum Gasteiger partial charge on any atom is -0.466 e. The lowest BCUT2D eigenvalue weighted by molar-refractivity contribution is -0.142. The Balaban J connectivity index is 1.45. The highest BCUT2D eigenvalue weighted by molar-refractivity contribution is 5.84. The van der Waals surface area contributed by atoms with Crippen molar-refractivity contribution >= 4 is 11.9 Å². The maximum absolute atomic E-state index is 12.1. The molecule has 1 aliphatic heterocycles. The molecule has 0 unspecified atom stereocenters. The molecule has 0 spiro atoms. The summed E-state index contributed by atoms with van der Waals surface area (Å²) >= 11 is 0. The molecule has 1 fully saturated rings. The highest BCUT2D eigenvalue weighted by Crippen LogP contribution is 2.22. The van der Waals surface area contributed by atoms with Crippen LogP contribution in [0.25, 0.3) is 11.1 Å². The lowest BCUT2D eigenvalue weighted by atomic mass is 9.98. The first-order valence-electron chi connectivity index (χ1n) is 9.53.